The van der Waals surface area contributed by atoms with Crippen molar-refractivity contribution in [1.82, 2.24) is 0 Å². The van der Waals surface area contributed by atoms with Crippen LogP contribution in [-0.4, -0.2) is 27.6 Å². The Balaban J connectivity index is 5.12. The Hall–Kier alpha value is -0.880. The molecule has 0 aliphatic carbocycles. The van der Waals surface area contributed by atoms with Crippen molar-refractivity contribution in [3.8, 4) is 0 Å². The van der Waals surface area contributed by atoms with E-state index >= 15 is 0 Å². The summed E-state index contributed by atoms with van der Waals surface area (Å²) >= 11 is 0. The van der Waals surface area contributed by atoms with E-state index in [4.69, 9.17) is 4.74 Å². The van der Waals surface area contributed by atoms with E-state index in [9.17, 15) is 13.2 Å². The lowest BCUT2D eigenvalue weighted by Gasteiger charge is -2.10. The highest BCUT2D eigenvalue weighted by Crippen LogP contribution is 2.18. The van der Waals surface area contributed by atoms with Crippen LogP contribution in [0.4, 0.5) is 0 Å². The molecule has 0 aromatic carbocycles. The van der Waals surface area contributed by atoms with Gasteiger partial charge in [0, 0.05) is 0 Å². The minimum absolute atomic E-state index is 0.0423. The second-order valence-electron chi connectivity index (χ2n) is 3.38. The third-order valence-corrected chi connectivity index (χ3v) is 3.65. The van der Waals surface area contributed by atoms with Crippen molar-refractivity contribution in [3.63, 3.8) is 0 Å². The number of allylic oxidation sites excluding steroid dienone is 1. The molecule has 5 nitrogen and oxygen atoms in total. The summed E-state index contributed by atoms with van der Waals surface area (Å²) in [6, 6.07) is 0. The molecule has 0 radical (unpaired) electrons. The molecule has 0 rings (SSSR count). The van der Waals surface area contributed by atoms with E-state index in [-0.39, 0.29) is 23.7 Å². The minimum Gasteiger partial charge on any atom is -0.462 e. The van der Waals surface area contributed by atoms with Gasteiger partial charge in [-0.05, 0) is 26.7 Å². The van der Waals surface area contributed by atoms with Gasteiger partial charge in [0.1, 0.15) is 0 Å². The first-order chi connectivity index (χ1) is 7.90. The van der Waals surface area contributed by atoms with Gasteiger partial charge in [-0.2, -0.15) is 8.42 Å². The number of carbonyl (C=O) groups excluding carboxylic acids is 1. The van der Waals surface area contributed by atoms with Crippen molar-refractivity contribution in [3.05, 3.63) is 10.5 Å². The third-order valence-electron chi connectivity index (χ3n) is 2.11. The summed E-state index contributed by atoms with van der Waals surface area (Å²) in [4.78, 5) is 11.6. The largest absolute Gasteiger partial charge is 0.462 e. The summed E-state index contributed by atoms with van der Waals surface area (Å²) in [6.07, 6.45) is 0.987. The van der Waals surface area contributed by atoms with E-state index in [0.717, 1.165) is 0 Å². The Labute approximate surface area is 103 Å². The molecular weight excluding hydrogens is 244 g/mol. The molecule has 0 N–H and O–H groups in total. The Morgan fingerprint density at radius 2 is 1.76 bits per heavy atom. The molecule has 17 heavy (non-hydrogen) atoms. The van der Waals surface area contributed by atoms with E-state index in [1.807, 2.05) is 6.92 Å². The van der Waals surface area contributed by atoms with Gasteiger partial charge in [0.2, 0.25) is 0 Å². The minimum atomic E-state index is -3.81. The van der Waals surface area contributed by atoms with E-state index in [1.54, 1.807) is 13.8 Å². The van der Waals surface area contributed by atoms with Crippen molar-refractivity contribution >= 4 is 16.1 Å². The standard InChI is InChI=1S/C11H20O5S/c1-5-8-15-11(12)10(6-2)9(4)17(13,14)16-7-3/h5-8H2,1-4H3. The summed E-state index contributed by atoms with van der Waals surface area (Å²) < 4.78 is 32.8. The van der Waals surface area contributed by atoms with Gasteiger partial charge in [-0.3, -0.25) is 4.18 Å². The van der Waals surface area contributed by atoms with Crippen molar-refractivity contribution < 1.29 is 22.1 Å². The lowest BCUT2D eigenvalue weighted by atomic mass is 10.2. The van der Waals surface area contributed by atoms with Crippen LogP contribution in [0, 0.1) is 0 Å². The van der Waals surface area contributed by atoms with Gasteiger partial charge in [0.05, 0.1) is 23.7 Å². The van der Waals surface area contributed by atoms with Gasteiger partial charge in [0.25, 0.3) is 10.1 Å². The maximum absolute atomic E-state index is 11.6. The van der Waals surface area contributed by atoms with E-state index in [0.29, 0.717) is 12.8 Å². The maximum Gasteiger partial charge on any atom is 0.335 e. The van der Waals surface area contributed by atoms with E-state index in [1.165, 1.54) is 6.92 Å². The maximum atomic E-state index is 11.6. The summed E-state index contributed by atoms with van der Waals surface area (Å²) in [6.45, 7) is 6.83. The third kappa shape index (κ3) is 4.87. The summed E-state index contributed by atoms with van der Waals surface area (Å²) in [5.74, 6) is -0.588. The molecule has 0 fully saturated rings. The first-order valence-corrected chi connectivity index (χ1v) is 7.07. The SMILES string of the molecule is CCCOC(=O)C(CC)=C(C)S(=O)(=O)OCC. The molecule has 0 saturated carbocycles. The van der Waals surface area contributed by atoms with Crippen LogP contribution in [0.3, 0.4) is 0 Å². The monoisotopic (exact) mass is 264 g/mol. The number of carbonyl (C=O) groups is 1. The van der Waals surface area contributed by atoms with Crippen molar-refractivity contribution in [2.24, 2.45) is 0 Å². The molecule has 0 aromatic heterocycles. The fraction of sp³-hybridized carbons (Fsp3) is 0.727. The Morgan fingerprint density at radius 1 is 1.18 bits per heavy atom. The summed E-state index contributed by atoms with van der Waals surface area (Å²) in [5.41, 5.74) is 0.145. The Kier molecular flexibility index (Phi) is 7.06. The second-order valence-corrected chi connectivity index (χ2v) is 5.14. The van der Waals surface area contributed by atoms with Crippen LogP contribution in [0.25, 0.3) is 0 Å². The highest BCUT2D eigenvalue weighted by molar-refractivity contribution is 7.90. The molecule has 6 heteroatoms. The zero-order valence-electron chi connectivity index (χ0n) is 10.8. The van der Waals surface area contributed by atoms with Gasteiger partial charge in [-0.25, -0.2) is 4.79 Å². The van der Waals surface area contributed by atoms with Crippen LogP contribution < -0.4 is 0 Å². The van der Waals surface area contributed by atoms with Gasteiger partial charge < -0.3 is 4.74 Å². The topological polar surface area (TPSA) is 69.7 Å². The Morgan fingerprint density at radius 3 is 2.18 bits per heavy atom. The van der Waals surface area contributed by atoms with Gasteiger partial charge in [-0.1, -0.05) is 13.8 Å². The average Bonchev–Trinajstić information content (AvgIpc) is 2.27. The highest BCUT2D eigenvalue weighted by Gasteiger charge is 2.22. The normalized spacial score (nSPS) is 13.2. The molecule has 0 bridgehead atoms. The van der Waals surface area contributed by atoms with Crippen LogP contribution in [0.15, 0.2) is 10.5 Å². The molecule has 0 unspecified atom stereocenters. The van der Waals surface area contributed by atoms with Crippen molar-refractivity contribution in [1.29, 1.82) is 0 Å². The zero-order chi connectivity index (χ0) is 13.5. The van der Waals surface area contributed by atoms with Crippen LogP contribution >= 0.6 is 0 Å². The van der Waals surface area contributed by atoms with Crippen molar-refractivity contribution in [2.45, 2.75) is 40.5 Å². The molecule has 0 aromatic rings. The average molecular weight is 264 g/mol. The number of hydrogen-bond acceptors (Lipinski definition) is 5. The van der Waals surface area contributed by atoms with Crippen LogP contribution in [0.5, 0.6) is 0 Å². The highest BCUT2D eigenvalue weighted by atomic mass is 32.2. The fourth-order valence-corrected chi connectivity index (χ4v) is 2.23. The predicted octanol–water partition coefficient (Wildman–Crippen LogP) is 1.99. The van der Waals surface area contributed by atoms with E-state index in [2.05, 4.69) is 4.18 Å². The molecular formula is C11H20O5S. The smallest absolute Gasteiger partial charge is 0.335 e. The van der Waals surface area contributed by atoms with Gasteiger partial charge >= 0.3 is 5.97 Å². The van der Waals surface area contributed by atoms with Crippen LogP contribution in [-0.2, 0) is 23.8 Å². The number of ether oxygens (including phenoxy) is 1. The van der Waals surface area contributed by atoms with Crippen LogP contribution in [0.2, 0.25) is 0 Å². The first-order valence-electron chi connectivity index (χ1n) is 5.66. The number of esters is 1. The Bertz CT molecular complexity index is 381. The van der Waals surface area contributed by atoms with E-state index < -0.39 is 16.1 Å². The van der Waals surface area contributed by atoms with Crippen molar-refractivity contribution in [2.75, 3.05) is 13.2 Å². The van der Waals surface area contributed by atoms with Gasteiger partial charge in [-0.15, -0.1) is 0 Å². The summed E-state index contributed by atoms with van der Waals surface area (Å²) in [7, 11) is -3.81. The molecule has 0 aliphatic heterocycles. The fourth-order valence-electron chi connectivity index (χ4n) is 1.21. The number of rotatable bonds is 7. The molecule has 100 valence electrons. The number of hydrogen-bond donors (Lipinski definition) is 0. The molecule has 0 saturated heterocycles. The molecule has 0 spiro atoms. The zero-order valence-corrected chi connectivity index (χ0v) is 11.6. The molecule has 0 heterocycles. The lowest BCUT2D eigenvalue weighted by molar-refractivity contribution is -0.139. The molecule has 0 atom stereocenters. The quantitative estimate of drug-likeness (QED) is 0.399. The molecule has 0 amide bonds. The van der Waals surface area contributed by atoms with Gasteiger partial charge in [0.15, 0.2) is 0 Å². The second kappa shape index (κ2) is 7.45. The predicted molar refractivity (Wildman–Crippen MR) is 64.8 cm³/mol. The summed E-state index contributed by atoms with van der Waals surface area (Å²) in [5, 5.41) is 0. The van der Waals surface area contributed by atoms with Crippen LogP contribution in [0.1, 0.15) is 40.5 Å². The lowest BCUT2D eigenvalue weighted by Crippen LogP contribution is -2.15. The first kappa shape index (κ1) is 16.1. The molecule has 0 aliphatic rings.